The first-order chi connectivity index (χ1) is 24.0. The number of benzene rings is 1. The van der Waals surface area contributed by atoms with Crippen molar-refractivity contribution in [2.24, 2.45) is 11.3 Å². The lowest BCUT2D eigenvalue weighted by atomic mass is 9.85. The van der Waals surface area contributed by atoms with Gasteiger partial charge in [0, 0.05) is 17.9 Å². The van der Waals surface area contributed by atoms with Crippen LogP contribution in [0.5, 0.6) is 0 Å². The zero-order valence-corrected chi connectivity index (χ0v) is 29.7. The third kappa shape index (κ3) is 7.46. The van der Waals surface area contributed by atoms with Crippen LogP contribution in [0.15, 0.2) is 30.9 Å². The number of nitrogens with zero attached hydrogens (tertiary/aromatic N) is 2. The third-order valence-electron chi connectivity index (χ3n) is 10.2. The Morgan fingerprint density at radius 1 is 1.14 bits per heavy atom. The molecule has 6 rings (SSSR count). The molecular formula is C35H44FN5O9S. The largest absolute Gasteiger partial charge is 0.450 e. The van der Waals surface area contributed by atoms with Gasteiger partial charge in [-0.15, -0.1) is 6.58 Å². The number of cyclic esters (lactones) is 1. The van der Waals surface area contributed by atoms with E-state index in [1.807, 2.05) is 12.2 Å². The number of carbonyl (C=O) groups excluding carboxylic acids is 5. The van der Waals surface area contributed by atoms with Crippen LogP contribution < -0.4 is 15.4 Å². The van der Waals surface area contributed by atoms with E-state index in [0.717, 1.165) is 5.56 Å². The molecule has 2 saturated carbocycles. The van der Waals surface area contributed by atoms with Gasteiger partial charge in [0.2, 0.25) is 21.8 Å². The molecule has 2 aliphatic carbocycles. The first-order valence-electron chi connectivity index (χ1n) is 17.2. The number of sulfonamides is 1. The van der Waals surface area contributed by atoms with Crippen LogP contribution in [-0.4, -0.2) is 90.3 Å². The third-order valence-corrected chi connectivity index (χ3v) is 12.0. The highest BCUT2D eigenvalue weighted by Crippen LogP contribution is 2.45. The minimum Gasteiger partial charge on any atom is -0.450 e. The summed E-state index contributed by atoms with van der Waals surface area (Å²) in [6, 6.07) is 0.526. The predicted octanol–water partition coefficient (Wildman–Crippen LogP) is 2.86. The van der Waals surface area contributed by atoms with Crippen molar-refractivity contribution in [1.82, 2.24) is 25.2 Å². The highest BCUT2D eigenvalue weighted by Gasteiger charge is 2.62. The molecule has 14 nitrogen and oxygen atoms in total. The molecule has 1 aromatic rings. The van der Waals surface area contributed by atoms with Crippen LogP contribution in [0.25, 0.3) is 6.08 Å². The molecule has 3 N–H and O–H groups in total. The van der Waals surface area contributed by atoms with Crippen molar-refractivity contribution in [3.05, 3.63) is 53.4 Å². The molecular weight excluding hydrogens is 685 g/mol. The Hall–Kier alpha value is -4.47. The van der Waals surface area contributed by atoms with Crippen LogP contribution in [0.2, 0.25) is 0 Å². The van der Waals surface area contributed by atoms with Crippen LogP contribution in [-0.2, 0) is 47.0 Å². The second-order valence-corrected chi connectivity index (χ2v) is 17.0. The van der Waals surface area contributed by atoms with Gasteiger partial charge in [-0.3, -0.25) is 24.0 Å². The highest BCUT2D eigenvalue weighted by atomic mass is 32.2. The van der Waals surface area contributed by atoms with Crippen molar-refractivity contribution in [3.63, 3.8) is 0 Å². The number of amides is 5. The second-order valence-electron chi connectivity index (χ2n) is 15.0. The van der Waals surface area contributed by atoms with Gasteiger partial charge in [0.25, 0.3) is 5.91 Å². The lowest BCUT2D eigenvalue weighted by Gasteiger charge is -2.35. The van der Waals surface area contributed by atoms with Gasteiger partial charge in [-0.1, -0.05) is 45.1 Å². The number of nitrogens with one attached hydrogen (secondary N) is 3. The minimum absolute atomic E-state index is 0.0305. The van der Waals surface area contributed by atoms with E-state index in [0.29, 0.717) is 36.8 Å². The van der Waals surface area contributed by atoms with Gasteiger partial charge in [-0.05, 0) is 54.7 Å². The molecule has 1 saturated heterocycles. The Kier molecular flexibility index (Phi) is 9.67. The van der Waals surface area contributed by atoms with Crippen molar-refractivity contribution in [2.45, 2.75) is 101 Å². The molecule has 51 heavy (non-hydrogen) atoms. The van der Waals surface area contributed by atoms with Crippen molar-refractivity contribution in [2.75, 3.05) is 13.2 Å². The maximum atomic E-state index is 14.9. The van der Waals surface area contributed by atoms with Crippen LogP contribution in [0.1, 0.15) is 76.0 Å². The van der Waals surface area contributed by atoms with Crippen LogP contribution >= 0.6 is 0 Å². The first kappa shape index (κ1) is 36.3. The number of allylic oxidation sites excluding steroid dienone is 1. The molecule has 276 valence electrons. The summed E-state index contributed by atoms with van der Waals surface area (Å²) < 4.78 is 53.4. The van der Waals surface area contributed by atoms with Crippen molar-refractivity contribution < 1.29 is 46.3 Å². The van der Waals surface area contributed by atoms with E-state index in [-0.39, 0.29) is 39.1 Å². The lowest BCUT2D eigenvalue weighted by Crippen LogP contribution is -2.60. The number of hydrogen-bond donors (Lipinski definition) is 3. The standard InChI is InChI=1S/C35H44FN5O9S/c1-5-21-16-35(21,31(44)39-51(47,48)23-11-12-23)38-29(42)27-15-22-17-41(27)30(43)28(34(2,3)4)37-32(45)49-14-8-6-7-9-20-10-13-26(36)25-19-40(18-24(20)25)33(46)50-22/h5,7,9-10,13,21-23,27-28H,1,6,8,11-12,14-19H2,2-4H3,(H,37,45)(H,38,42)(H,39,44)/b9-7+/t21-,22+,27-,28+,35+/m0/s1. The maximum Gasteiger partial charge on any atom is 0.410 e. The number of carbonyl (C=O) groups is 5. The molecule has 0 unspecified atom stereocenters. The summed E-state index contributed by atoms with van der Waals surface area (Å²) in [5.41, 5.74) is -0.734. The molecule has 0 radical (unpaired) electrons. The van der Waals surface area contributed by atoms with E-state index in [4.69, 9.17) is 9.47 Å². The van der Waals surface area contributed by atoms with Gasteiger partial charge in [-0.2, -0.15) is 0 Å². The van der Waals surface area contributed by atoms with Crippen molar-refractivity contribution in [3.8, 4) is 0 Å². The Bertz CT molecular complexity index is 1790. The zero-order valence-electron chi connectivity index (χ0n) is 28.9. The summed E-state index contributed by atoms with van der Waals surface area (Å²) in [4.78, 5) is 70.8. The summed E-state index contributed by atoms with van der Waals surface area (Å²) in [6.07, 6.45) is 4.38. The molecule has 3 aliphatic heterocycles. The molecule has 3 fully saturated rings. The Balaban J connectivity index is 1.28. The number of alkyl carbamates (subject to hydrolysis) is 1. The minimum atomic E-state index is -3.93. The quantitative estimate of drug-likeness (QED) is 0.371. The molecule has 5 aliphatic rings. The van der Waals surface area contributed by atoms with E-state index in [1.54, 1.807) is 26.8 Å². The summed E-state index contributed by atoms with van der Waals surface area (Å²) >= 11 is 0. The van der Waals surface area contributed by atoms with E-state index >= 15 is 0 Å². The van der Waals surface area contributed by atoms with E-state index < -0.39 is 86.1 Å². The molecule has 5 atom stereocenters. The second kappa shape index (κ2) is 13.6. The monoisotopic (exact) mass is 729 g/mol. The SMILES string of the molecule is C=C[C@H]1C[C@]1(NC(=O)[C@@H]1C[C@@H]2CN1C(=O)[C@H](C(C)(C)C)NC(=O)OCCC/C=C/c1ccc(F)c3c1CN(C3)C(=O)O2)C(=O)NS(=O)(=O)C1CC1. The number of ether oxygens (including phenoxy) is 2. The highest BCUT2D eigenvalue weighted by molar-refractivity contribution is 7.91. The zero-order chi connectivity index (χ0) is 36.9. The Labute approximate surface area is 296 Å². The topological polar surface area (TPSA) is 181 Å². The number of hydrogen-bond acceptors (Lipinski definition) is 9. The van der Waals surface area contributed by atoms with Crippen LogP contribution in [0.4, 0.5) is 14.0 Å². The molecule has 4 bridgehead atoms. The van der Waals surface area contributed by atoms with Gasteiger partial charge in [0.15, 0.2) is 0 Å². The van der Waals surface area contributed by atoms with Gasteiger partial charge in [0.1, 0.15) is 29.5 Å². The van der Waals surface area contributed by atoms with E-state index in [1.165, 1.54) is 21.9 Å². The van der Waals surface area contributed by atoms with E-state index in [2.05, 4.69) is 21.9 Å². The average Bonchev–Trinajstić information content (AvgIpc) is 3.95. The molecule has 5 amide bonds. The van der Waals surface area contributed by atoms with Gasteiger partial charge < -0.3 is 25.0 Å². The number of fused-ring (bicyclic) bond motifs is 3. The van der Waals surface area contributed by atoms with Gasteiger partial charge in [0.05, 0.1) is 31.5 Å². The van der Waals surface area contributed by atoms with Crippen LogP contribution in [0.3, 0.4) is 0 Å². The van der Waals surface area contributed by atoms with Gasteiger partial charge >= 0.3 is 12.2 Å². The average molecular weight is 730 g/mol. The number of rotatable bonds is 6. The molecule has 1 aromatic carbocycles. The predicted molar refractivity (Wildman–Crippen MR) is 181 cm³/mol. The summed E-state index contributed by atoms with van der Waals surface area (Å²) in [6.45, 7) is 8.80. The first-order valence-corrected chi connectivity index (χ1v) is 18.8. The molecule has 3 heterocycles. The smallest absolute Gasteiger partial charge is 0.410 e. The fourth-order valence-corrected chi connectivity index (χ4v) is 8.29. The molecule has 0 aromatic heterocycles. The summed E-state index contributed by atoms with van der Waals surface area (Å²) in [7, 11) is -3.93. The van der Waals surface area contributed by atoms with Crippen molar-refractivity contribution in [1.29, 1.82) is 0 Å². The fourth-order valence-electron chi connectivity index (χ4n) is 6.92. The Morgan fingerprint density at radius 3 is 2.53 bits per heavy atom. The maximum absolute atomic E-state index is 14.9. The van der Waals surface area contributed by atoms with Gasteiger partial charge in [-0.25, -0.2) is 22.4 Å². The Morgan fingerprint density at radius 2 is 1.86 bits per heavy atom. The summed E-state index contributed by atoms with van der Waals surface area (Å²) in [5, 5.41) is 4.67. The molecule has 16 heteroatoms. The van der Waals surface area contributed by atoms with Crippen molar-refractivity contribution >= 4 is 46.0 Å². The lowest BCUT2D eigenvalue weighted by molar-refractivity contribution is -0.142. The van der Waals surface area contributed by atoms with Crippen LogP contribution in [0, 0.1) is 17.2 Å². The number of halogens is 1. The normalized spacial score (nSPS) is 29.1. The molecule has 0 spiro atoms. The summed E-state index contributed by atoms with van der Waals surface area (Å²) in [5.74, 6) is -3.34. The fraction of sp³-hybridized carbons (Fsp3) is 0.571. The van der Waals surface area contributed by atoms with E-state index in [9.17, 15) is 36.8 Å².